The standard InChI is InChI=1S/C19H25N3O7/c1-3-28-15(24)10-13(19(27)29-4-2)16(17(20)25)22-14(23)11-21-18(26)12-8-6-5-7-9-12/h5-9,13,16H,3-4,10-11H2,1-2H3,(H2,20,25)(H,21,26)(H,22,23)/t13-,16-/m0/s1. The number of primary amides is 1. The number of carbonyl (C=O) groups is 5. The smallest absolute Gasteiger partial charge is 0.312 e. The average molecular weight is 407 g/mol. The van der Waals surface area contributed by atoms with E-state index >= 15 is 0 Å². The minimum absolute atomic E-state index is 0.00468. The minimum Gasteiger partial charge on any atom is -0.466 e. The third-order valence-electron chi connectivity index (χ3n) is 3.75. The molecule has 1 aromatic rings. The third-order valence-corrected chi connectivity index (χ3v) is 3.75. The summed E-state index contributed by atoms with van der Waals surface area (Å²) in [5.41, 5.74) is 5.66. The maximum absolute atomic E-state index is 12.2. The number of nitrogens with two attached hydrogens (primary N) is 1. The first-order chi connectivity index (χ1) is 13.8. The van der Waals surface area contributed by atoms with Crippen molar-refractivity contribution in [3.8, 4) is 0 Å². The van der Waals surface area contributed by atoms with E-state index < -0.39 is 54.6 Å². The fourth-order valence-electron chi connectivity index (χ4n) is 2.43. The Bertz CT molecular complexity index is 737. The summed E-state index contributed by atoms with van der Waals surface area (Å²) < 4.78 is 9.67. The highest BCUT2D eigenvalue weighted by Gasteiger charge is 2.37. The summed E-state index contributed by atoms with van der Waals surface area (Å²) in [7, 11) is 0. The molecule has 29 heavy (non-hydrogen) atoms. The summed E-state index contributed by atoms with van der Waals surface area (Å²) in [6.45, 7) is 2.75. The van der Waals surface area contributed by atoms with Crippen molar-refractivity contribution in [3.05, 3.63) is 35.9 Å². The van der Waals surface area contributed by atoms with Crippen molar-refractivity contribution < 1.29 is 33.4 Å². The van der Waals surface area contributed by atoms with E-state index in [9.17, 15) is 24.0 Å². The van der Waals surface area contributed by atoms with E-state index in [1.165, 1.54) is 0 Å². The molecule has 0 bridgehead atoms. The molecule has 0 fully saturated rings. The highest BCUT2D eigenvalue weighted by atomic mass is 16.5. The highest BCUT2D eigenvalue weighted by molar-refractivity contribution is 5.97. The second-order valence-electron chi connectivity index (χ2n) is 5.86. The van der Waals surface area contributed by atoms with E-state index in [4.69, 9.17) is 15.2 Å². The van der Waals surface area contributed by atoms with Crippen LogP contribution in [-0.4, -0.2) is 55.5 Å². The molecule has 0 unspecified atom stereocenters. The number of benzene rings is 1. The number of nitrogens with one attached hydrogen (secondary N) is 2. The van der Waals surface area contributed by atoms with Gasteiger partial charge in [-0.3, -0.25) is 24.0 Å². The van der Waals surface area contributed by atoms with Gasteiger partial charge in [0.1, 0.15) is 6.04 Å². The molecule has 0 saturated heterocycles. The lowest BCUT2D eigenvalue weighted by atomic mass is 9.95. The van der Waals surface area contributed by atoms with Gasteiger partial charge in [0.2, 0.25) is 11.8 Å². The molecule has 10 heteroatoms. The van der Waals surface area contributed by atoms with Crippen LogP contribution >= 0.6 is 0 Å². The average Bonchev–Trinajstić information content (AvgIpc) is 2.69. The molecular formula is C19H25N3O7. The minimum atomic E-state index is -1.51. The molecule has 10 nitrogen and oxygen atoms in total. The molecule has 158 valence electrons. The molecule has 0 radical (unpaired) electrons. The highest BCUT2D eigenvalue weighted by Crippen LogP contribution is 2.13. The van der Waals surface area contributed by atoms with Gasteiger partial charge in [-0.2, -0.15) is 0 Å². The lowest BCUT2D eigenvalue weighted by Crippen LogP contribution is -2.54. The van der Waals surface area contributed by atoms with Gasteiger partial charge in [-0.15, -0.1) is 0 Å². The SMILES string of the molecule is CCOC(=O)C[C@H](C(=O)OCC)[C@H](NC(=O)CNC(=O)c1ccccc1)C(N)=O. The zero-order chi connectivity index (χ0) is 21.8. The molecule has 0 aliphatic carbocycles. The van der Waals surface area contributed by atoms with Crippen molar-refractivity contribution in [2.45, 2.75) is 26.3 Å². The van der Waals surface area contributed by atoms with Crippen LogP contribution in [0.2, 0.25) is 0 Å². The summed E-state index contributed by atoms with van der Waals surface area (Å²) >= 11 is 0. The predicted octanol–water partition coefficient (Wildman–Crippen LogP) is -0.481. The van der Waals surface area contributed by atoms with Gasteiger partial charge in [-0.1, -0.05) is 18.2 Å². The third kappa shape index (κ3) is 7.99. The molecule has 2 atom stereocenters. The summed E-state index contributed by atoms with van der Waals surface area (Å²) in [5, 5.41) is 4.66. The Kier molecular flexibility index (Phi) is 9.86. The Labute approximate surface area is 168 Å². The van der Waals surface area contributed by atoms with Gasteiger partial charge in [0.05, 0.1) is 32.1 Å². The van der Waals surface area contributed by atoms with E-state index in [2.05, 4.69) is 10.6 Å². The second-order valence-corrected chi connectivity index (χ2v) is 5.86. The fraction of sp³-hybridized carbons (Fsp3) is 0.421. The molecule has 4 N–H and O–H groups in total. The molecule has 0 aliphatic rings. The predicted molar refractivity (Wildman–Crippen MR) is 101 cm³/mol. The lowest BCUT2D eigenvalue weighted by molar-refractivity contribution is -0.157. The molecule has 0 saturated carbocycles. The van der Waals surface area contributed by atoms with E-state index in [0.717, 1.165) is 0 Å². The van der Waals surface area contributed by atoms with Crippen LogP contribution < -0.4 is 16.4 Å². The number of hydrogen-bond acceptors (Lipinski definition) is 7. The number of carbonyl (C=O) groups excluding carboxylic acids is 5. The zero-order valence-electron chi connectivity index (χ0n) is 16.3. The normalized spacial score (nSPS) is 12.2. The Morgan fingerprint density at radius 1 is 1.00 bits per heavy atom. The maximum atomic E-state index is 12.2. The van der Waals surface area contributed by atoms with Crippen LogP contribution in [0.5, 0.6) is 0 Å². The van der Waals surface area contributed by atoms with E-state index in [1.54, 1.807) is 44.2 Å². The summed E-state index contributed by atoms with van der Waals surface area (Å²) in [4.78, 5) is 60.0. The van der Waals surface area contributed by atoms with E-state index in [0.29, 0.717) is 5.56 Å². The molecule has 1 rings (SSSR count). The summed E-state index contributed by atoms with van der Waals surface area (Å²) in [6, 6.07) is 6.68. The Balaban J connectivity index is 2.81. The first kappa shape index (κ1) is 23.6. The Hall–Kier alpha value is -3.43. The summed E-state index contributed by atoms with van der Waals surface area (Å²) in [6.07, 6.45) is -0.503. The van der Waals surface area contributed by atoms with Crippen molar-refractivity contribution >= 4 is 29.7 Å². The van der Waals surface area contributed by atoms with Crippen molar-refractivity contribution in [1.29, 1.82) is 0 Å². The van der Waals surface area contributed by atoms with Crippen LogP contribution in [-0.2, 0) is 28.7 Å². The number of ether oxygens (including phenoxy) is 2. The number of esters is 2. The van der Waals surface area contributed by atoms with Crippen molar-refractivity contribution in [2.75, 3.05) is 19.8 Å². The van der Waals surface area contributed by atoms with Crippen LogP contribution in [0.15, 0.2) is 30.3 Å². The fourth-order valence-corrected chi connectivity index (χ4v) is 2.43. The van der Waals surface area contributed by atoms with Crippen LogP contribution in [0.1, 0.15) is 30.6 Å². The van der Waals surface area contributed by atoms with Gasteiger partial charge in [0, 0.05) is 5.56 Å². The molecule has 0 aliphatic heterocycles. The van der Waals surface area contributed by atoms with Crippen LogP contribution in [0.25, 0.3) is 0 Å². The number of rotatable bonds is 11. The summed E-state index contributed by atoms with van der Waals surface area (Å²) in [5.74, 6) is -5.28. The van der Waals surface area contributed by atoms with Crippen molar-refractivity contribution in [3.63, 3.8) is 0 Å². The van der Waals surface area contributed by atoms with Gasteiger partial charge < -0.3 is 25.8 Å². The van der Waals surface area contributed by atoms with Gasteiger partial charge in [-0.05, 0) is 26.0 Å². The van der Waals surface area contributed by atoms with E-state index in [-0.39, 0.29) is 13.2 Å². The number of hydrogen-bond donors (Lipinski definition) is 3. The molecule has 0 heterocycles. The van der Waals surface area contributed by atoms with Gasteiger partial charge >= 0.3 is 11.9 Å². The quantitative estimate of drug-likeness (QED) is 0.419. The topological polar surface area (TPSA) is 154 Å². The first-order valence-corrected chi connectivity index (χ1v) is 9.04. The molecule has 1 aromatic carbocycles. The molecule has 3 amide bonds. The van der Waals surface area contributed by atoms with Crippen molar-refractivity contribution in [1.82, 2.24) is 10.6 Å². The Morgan fingerprint density at radius 3 is 2.17 bits per heavy atom. The van der Waals surface area contributed by atoms with E-state index in [1.807, 2.05) is 0 Å². The monoisotopic (exact) mass is 407 g/mol. The number of amides is 3. The first-order valence-electron chi connectivity index (χ1n) is 9.04. The largest absolute Gasteiger partial charge is 0.466 e. The zero-order valence-corrected chi connectivity index (χ0v) is 16.3. The molecular weight excluding hydrogens is 382 g/mol. The Morgan fingerprint density at radius 2 is 1.62 bits per heavy atom. The van der Waals surface area contributed by atoms with Gasteiger partial charge in [-0.25, -0.2) is 0 Å². The van der Waals surface area contributed by atoms with Crippen LogP contribution in [0.3, 0.4) is 0 Å². The second kappa shape index (κ2) is 12.1. The van der Waals surface area contributed by atoms with Gasteiger partial charge in [0.15, 0.2) is 0 Å². The molecule has 0 aromatic heterocycles. The lowest BCUT2D eigenvalue weighted by Gasteiger charge is -2.23. The van der Waals surface area contributed by atoms with Crippen LogP contribution in [0, 0.1) is 5.92 Å². The van der Waals surface area contributed by atoms with Gasteiger partial charge in [0.25, 0.3) is 5.91 Å². The van der Waals surface area contributed by atoms with Crippen LogP contribution in [0.4, 0.5) is 0 Å². The maximum Gasteiger partial charge on any atom is 0.312 e. The van der Waals surface area contributed by atoms with Crippen molar-refractivity contribution in [2.24, 2.45) is 11.7 Å². The molecule has 0 spiro atoms.